The molecule has 0 radical (unpaired) electrons. The maximum absolute atomic E-state index is 11.9. The zero-order valence-corrected chi connectivity index (χ0v) is 12.9. The minimum Gasteiger partial charge on any atom is -0.352 e. The summed E-state index contributed by atoms with van der Waals surface area (Å²) in [5, 5.41) is 5.93. The van der Waals surface area contributed by atoms with E-state index in [1.54, 1.807) is 43.6 Å². The Labute approximate surface area is 133 Å². The van der Waals surface area contributed by atoms with Crippen LogP contribution in [0.5, 0.6) is 0 Å². The summed E-state index contributed by atoms with van der Waals surface area (Å²) < 4.78 is 0. The number of halogens is 1. The highest BCUT2D eigenvalue weighted by atomic mass is 35.5. The number of amides is 2. The number of nitrogens with one attached hydrogen (secondary N) is 2. The van der Waals surface area contributed by atoms with Crippen LogP contribution in [0.15, 0.2) is 42.7 Å². The van der Waals surface area contributed by atoms with Gasteiger partial charge in [-0.25, -0.2) is 0 Å². The van der Waals surface area contributed by atoms with Gasteiger partial charge in [-0.05, 0) is 36.2 Å². The van der Waals surface area contributed by atoms with E-state index in [1.165, 1.54) is 0 Å². The second-order valence-electron chi connectivity index (χ2n) is 4.78. The molecule has 2 rings (SSSR count). The fraction of sp³-hybridized carbons (Fsp3) is 0.188. The average molecular weight is 318 g/mol. The lowest BCUT2D eigenvalue weighted by molar-refractivity contribution is -0.126. The van der Waals surface area contributed by atoms with E-state index < -0.39 is 0 Å². The van der Waals surface area contributed by atoms with Crippen LogP contribution in [0.4, 0.5) is 5.69 Å². The number of rotatable bonds is 5. The van der Waals surface area contributed by atoms with Crippen molar-refractivity contribution in [2.75, 3.05) is 5.32 Å². The molecule has 114 valence electrons. The lowest BCUT2D eigenvalue weighted by Gasteiger charge is -2.09. The third kappa shape index (κ3) is 4.56. The quantitative estimate of drug-likeness (QED) is 0.833. The number of hydrogen-bond donors (Lipinski definition) is 2. The SMILES string of the molecule is Cc1c(Cl)cccc1NC(=O)CC(=O)NCc1cccnc1. The highest BCUT2D eigenvalue weighted by Gasteiger charge is 2.11. The predicted octanol–water partition coefficient (Wildman–Crippen LogP) is 2.69. The molecule has 0 bridgehead atoms. The molecular formula is C16H16ClN3O2. The predicted molar refractivity (Wildman–Crippen MR) is 85.5 cm³/mol. The van der Waals surface area contributed by atoms with Crippen molar-refractivity contribution in [3.63, 3.8) is 0 Å². The maximum atomic E-state index is 11.9. The van der Waals surface area contributed by atoms with Crippen molar-refractivity contribution in [2.45, 2.75) is 19.9 Å². The lowest BCUT2D eigenvalue weighted by atomic mass is 10.2. The fourth-order valence-electron chi connectivity index (χ4n) is 1.85. The molecule has 0 saturated carbocycles. The van der Waals surface area contributed by atoms with Gasteiger partial charge in [0.2, 0.25) is 11.8 Å². The molecule has 0 spiro atoms. The first kappa shape index (κ1) is 16.0. The Kier molecular flexibility index (Phi) is 5.49. The largest absolute Gasteiger partial charge is 0.352 e. The summed E-state index contributed by atoms with van der Waals surface area (Å²) in [6.07, 6.45) is 3.08. The molecule has 6 heteroatoms. The third-order valence-corrected chi connectivity index (χ3v) is 3.48. The molecule has 0 aliphatic heterocycles. The van der Waals surface area contributed by atoms with E-state index in [9.17, 15) is 9.59 Å². The minimum atomic E-state index is -0.381. The Bertz CT molecular complexity index is 674. The van der Waals surface area contributed by atoms with Crippen LogP contribution in [0.2, 0.25) is 5.02 Å². The number of carbonyl (C=O) groups excluding carboxylic acids is 2. The van der Waals surface area contributed by atoms with Gasteiger partial charge < -0.3 is 10.6 Å². The second kappa shape index (κ2) is 7.56. The average Bonchev–Trinajstić information content (AvgIpc) is 2.51. The van der Waals surface area contributed by atoms with Crippen LogP contribution in [0, 0.1) is 6.92 Å². The summed E-state index contributed by atoms with van der Waals surface area (Å²) in [6.45, 7) is 2.15. The van der Waals surface area contributed by atoms with Crippen molar-refractivity contribution in [1.82, 2.24) is 10.3 Å². The van der Waals surface area contributed by atoms with Gasteiger partial charge in [0.15, 0.2) is 0 Å². The molecule has 5 nitrogen and oxygen atoms in total. The topological polar surface area (TPSA) is 71.1 Å². The van der Waals surface area contributed by atoms with Crippen LogP contribution in [-0.2, 0) is 16.1 Å². The van der Waals surface area contributed by atoms with E-state index >= 15 is 0 Å². The monoisotopic (exact) mass is 317 g/mol. The second-order valence-corrected chi connectivity index (χ2v) is 5.18. The van der Waals surface area contributed by atoms with E-state index in [1.807, 2.05) is 6.07 Å². The molecule has 1 aromatic heterocycles. The first-order valence-corrected chi connectivity index (χ1v) is 7.14. The van der Waals surface area contributed by atoms with Crippen molar-refractivity contribution >= 4 is 29.1 Å². The van der Waals surface area contributed by atoms with Crippen molar-refractivity contribution in [1.29, 1.82) is 0 Å². The number of pyridine rings is 1. The molecule has 0 atom stereocenters. The molecule has 22 heavy (non-hydrogen) atoms. The number of anilines is 1. The summed E-state index contributed by atoms with van der Waals surface area (Å²) in [5.74, 6) is -0.727. The number of benzene rings is 1. The van der Waals surface area contributed by atoms with Gasteiger partial charge in [0, 0.05) is 29.6 Å². The van der Waals surface area contributed by atoms with E-state index in [-0.39, 0.29) is 18.2 Å². The standard InChI is InChI=1S/C16H16ClN3O2/c1-11-13(17)5-2-6-14(11)20-16(22)8-15(21)19-10-12-4-3-7-18-9-12/h2-7,9H,8,10H2,1H3,(H,19,21)(H,20,22). The smallest absolute Gasteiger partial charge is 0.233 e. The summed E-state index contributed by atoms with van der Waals surface area (Å²) in [6, 6.07) is 8.87. The fourth-order valence-corrected chi connectivity index (χ4v) is 2.02. The molecule has 0 aliphatic rings. The molecule has 2 aromatic rings. The summed E-state index contributed by atoms with van der Waals surface area (Å²) >= 11 is 5.98. The van der Waals surface area contributed by atoms with Crippen LogP contribution >= 0.6 is 11.6 Å². The van der Waals surface area contributed by atoms with Crippen LogP contribution in [0.3, 0.4) is 0 Å². The van der Waals surface area contributed by atoms with Crippen molar-refractivity contribution in [2.24, 2.45) is 0 Å². The molecule has 0 fully saturated rings. The Morgan fingerprint density at radius 1 is 1.18 bits per heavy atom. The maximum Gasteiger partial charge on any atom is 0.233 e. The highest BCUT2D eigenvalue weighted by molar-refractivity contribution is 6.31. The van der Waals surface area contributed by atoms with Gasteiger partial charge in [-0.3, -0.25) is 14.6 Å². The normalized spacial score (nSPS) is 10.1. The molecule has 1 heterocycles. The zero-order chi connectivity index (χ0) is 15.9. The van der Waals surface area contributed by atoms with Gasteiger partial charge in [-0.1, -0.05) is 23.7 Å². The minimum absolute atomic E-state index is 0.244. The molecule has 2 N–H and O–H groups in total. The first-order valence-electron chi connectivity index (χ1n) is 6.77. The van der Waals surface area contributed by atoms with Crippen molar-refractivity contribution in [3.05, 3.63) is 58.9 Å². The van der Waals surface area contributed by atoms with Crippen molar-refractivity contribution in [3.8, 4) is 0 Å². The number of aromatic nitrogens is 1. The summed E-state index contributed by atoms with van der Waals surface area (Å²) in [4.78, 5) is 27.6. The molecule has 0 saturated heterocycles. The van der Waals surface area contributed by atoms with Gasteiger partial charge in [0.1, 0.15) is 6.42 Å². The lowest BCUT2D eigenvalue weighted by Crippen LogP contribution is -2.27. The number of carbonyl (C=O) groups is 2. The molecule has 0 unspecified atom stereocenters. The van der Waals surface area contributed by atoms with Gasteiger partial charge in [0.05, 0.1) is 0 Å². The Balaban J connectivity index is 1.84. The molecule has 2 amide bonds. The third-order valence-electron chi connectivity index (χ3n) is 3.08. The highest BCUT2D eigenvalue weighted by Crippen LogP contribution is 2.22. The Morgan fingerprint density at radius 2 is 2.00 bits per heavy atom. The number of nitrogens with zero attached hydrogens (tertiary/aromatic N) is 1. The van der Waals surface area contributed by atoms with E-state index in [0.717, 1.165) is 11.1 Å². The van der Waals surface area contributed by atoms with E-state index in [2.05, 4.69) is 15.6 Å². The van der Waals surface area contributed by atoms with Crippen molar-refractivity contribution < 1.29 is 9.59 Å². The summed E-state index contributed by atoms with van der Waals surface area (Å²) in [7, 11) is 0. The van der Waals surface area contributed by atoms with E-state index in [0.29, 0.717) is 17.3 Å². The van der Waals surface area contributed by atoms with Gasteiger partial charge >= 0.3 is 0 Å². The first-order chi connectivity index (χ1) is 10.6. The molecule has 0 aliphatic carbocycles. The van der Waals surface area contributed by atoms with Gasteiger partial charge in [-0.15, -0.1) is 0 Å². The van der Waals surface area contributed by atoms with Gasteiger partial charge in [-0.2, -0.15) is 0 Å². The van der Waals surface area contributed by atoms with Crippen LogP contribution in [-0.4, -0.2) is 16.8 Å². The van der Waals surface area contributed by atoms with Gasteiger partial charge in [0.25, 0.3) is 0 Å². The molecule has 1 aromatic carbocycles. The van der Waals surface area contributed by atoms with Crippen LogP contribution in [0.25, 0.3) is 0 Å². The van der Waals surface area contributed by atoms with Crippen LogP contribution in [0.1, 0.15) is 17.5 Å². The Morgan fingerprint density at radius 3 is 2.73 bits per heavy atom. The number of hydrogen-bond acceptors (Lipinski definition) is 3. The van der Waals surface area contributed by atoms with E-state index in [4.69, 9.17) is 11.6 Å². The summed E-state index contributed by atoms with van der Waals surface area (Å²) in [5.41, 5.74) is 2.26. The van der Waals surface area contributed by atoms with Crippen LogP contribution < -0.4 is 10.6 Å². The zero-order valence-electron chi connectivity index (χ0n) is 12.1. The Hall–Kier alpha value is -2.40. The molecular weight excluding hydrogens is 302 g/mol.